The highest BCUT2D eigenvalue weighted by atomic mass is 16.5. The Hall–Kier alpha value is -0.610. The molecule has 2 unspecified atom stereocenters. The van der Waals surface area contributed by atoms with Crippen molar-refractivity contribution < 1.29 is 9.53 Å². The number of nitrogens with two attached hydrogens (primary N) is 1. The molecule has 19 heavy (non-hydrogen) atoms. The quantitative estimate of drug-likeness (QED) is 0.795. The number of hydrogen-bond acceptors (Lipinski definition) is 4. The van der Waals surface area contributed by atoms with Gasteiger partial charge in [-0.2, -0.15) is 0 Å². The van der Waals surface area contributed by atoms with E-state index < -0.39 is 5.54 Å². The molecule has 0 amide bonds. The van der Waals surface area contributed by atoms with Gasteiger partial charge in [-0.1, -0.05) is 13.8 Å². The number of hydrogen-bond donors (Lipinski definition) is 1. The zero-order valence-corrected chi connectivity index (χ0v) is 13.2. The summed E-state index contributed by atoms with van der Waals surface area (Å²) in [7, 11) is 1.40. The van der Waals surface area contributed by atoms with Crippen LogP contribution in [-0.4, -0.2) is 42.6 Å². The van der Waals surface area contributed by atoms with Crippen molar-refractivity contribution in [3.8, 4) is 0 Å². The summed E-state index contributed by atoms with van der Waals surface area (Å²) in [5.41, 5.74) is 5.61. The highest BCUT2D eigenvalue weighted by Crippen LogP contribution is 2.31. The lowest BCUT2D eigenvalue weighted by Crippen LogP contribution is -2.51. The van der Waals surface area contributed by atoms with E-state index >= 15 is 0 Å². The summed E-state index contributed by atoms with van der Waals surface area (Å²) < 4.78 is 4.78. The molecule has 0 spiro atoms. The van der Waals surface area contributed by atoms with E-state index in [2.05, 4.69) is 25.7 Å². The molecule has 2 atom stereocenters. The summed E-state index contributed by atoms with van der Waals surface area (Å²) in [6.07, 6.45) is 4.33. The third-order valence-corrected chi connectivity index (χ3v) is 4.37. The molecule has 0 aromatic rings. The van der Waals surface area contributed by atoms with Crippen molar-refractivity contribution in [3.05, 3.63) is 0 Å². The van der Waals surface area contributed by atoms with Crippen LogP contribution in [0.2, 0.25) is 0 Å². The van der Waals surface area contributed by atoms with Crippen molar-refractivity contribution >= 4 is 5.97 Å². The molecule has 0 aliphatic carbocycles. The summed E-state index contributed by atoms with van der Waals surface area (Å²) in [5, 5.41) is 0. The fourth-order valence-corrected chi connectivity index (χ4v) is 2.94. The van der Waals surface area contributed by atoms with Crippen molar-refractivity contribution in [2.24, 2.45) is 11.1 Å². The summed E-state index contributed by atoms with van der Waals surface area (Å²) in [4.78, 5) is 14.1. The van der Waals surface area contributed by atoms with Crippen LogP contribution in [0.1, 0.15) is 53.4 Å². The van der Waals surface area contributed by atoms with Gasteiger partial charge in [0.25, 0.3) is 0 Å². The molecule has 112 valence electrons. The van der Waals surface area contributed by atoms with Gasteiger partial charge in [0, 0.05) is 6.04 Å². The van der Waals surface area contributed by atoms with Gasteiger partial charge < -0.3 is 15.4 Å². The third-order valence-electron chi connectivity index (χ3n) is 4.37. The first kappa shape index (κ1) is 16.4. The smallest absolute Gasteiger partial charge is 0.325 e. The Morgan fingerprint density at radius 1 is 1.42 bits per heavy atom. The minimum atomic E-state index is -0.893. The fourth-order valence-electron chi connectivity index (χ4n) is 2.94. The lowest BCUT2D eigenvalue weighted by atomic mass is 9.85. The van der Waals surface area contributed by atoms with Crippen molar-refractivity contribution in [1.82, 2.24) is 4.90 Å². The molecule has 4 heteroatoms. The monoisotopic (exact) mass is 270 g/mol. The van der Waals surface area contributed by atoms with E-state index in [0.29, 0.717) is 17.9 Å². The van der Waals surface area contributed by atoms with Gasteiger partial charge in [-0.25, -0.2) is 0 Å². The lowest BCUT2D eigenvalue weighted by molar-refractivity contribution is -0.147. The minimum Gasteiger partial charge on any atom is -0.468 e. The maximum atomic E-state index is 11.7. The van der Waals surface area contributed by atoms with Crippen molar-refractivity contribution in [2.75, 3.05) is 20.2 Å². The van der Waals surface area contributed by atoms with Crippen LogP contribution in [0, 0.1) is 5.41 Å². The van der Waals surface area contributed by atoms with Crippen LogP contribution < -0.4 is 5.73 Å². The van der Waals surface area contributed by atoms with Gasteiger partial charge in [0.15, 0.2) is 0 Å². The van der Waals surface area contributed by atoms with Crippen molar-refractivity contribution in [1.29, 1.82) is 0 Å². The van der Waals surface area contributed by atoms with Gasteiger partial charge >= 0.3 is 5.97 Å². The highest BCUT2D eigenvalue weighted by molar-refractivity contribution is 5.79. The van der Waals surface area contributed by atoms with Crippen LogP contribution in [0.5, 0.6) is 0 Å². The molecule has 1 aliphatic heterocycles. The topological polar surface area (TPSA) is 55.6 Å². The third kappa shape index (κ3) is 4.77. The van der Waals surface area contributed by atoms with Crippen LogP contribution in [0.25, 0.3) is 0 Å². The number of nitrogens with zero attached hydrogens (tertiary/aromatic N) is 1. The van der Waals surface area contributed by atoms with E-state index in [1.807, 2.05) is 0 Å². The van der Waals surface area contributed by atoms with E-state index in [1.54, 1.807) is 6.92 Å². The molecule has 0 saturated carbocycles. The molecule has 0 bridgehead atoms. The molecule has 2 N–H and O–H groups in total. The SMILES string of the molecule is COC(=O)C(C)(N)CC(C)N1CCCC(C)(C)CC1. The second-order valence-corrected chi connectivity index (χ2v) is 7.02. The maximum absolute atomic E-state index is 11.7. The highest BCUT2D eigenvalue weighted by Gasteiger charge is 2.34. The van der Waals surface area contributed by atoms with Gasteiger partial charge in [-0.3, -0.25) is 4.79 Å². The Labute approximate surface area is 117 Å². The average molecular weight is 270 g/mol. The van der Waals surface area contributed by atoms with Crippen LogP contribution in [0.3, 0.4) is 0 Å². The van der Waals surface area contributed by atoms with E-state index in [1.165, 1.54) is 26.4 Å². The zero-order valence-electron chi connectivity index (χ0n) is 13.2. The van der Waals surface area contributed by atoms with Gasteiger partial charge in [0.05, 0.1) is 7.11 Å². The normalized spacial score (nSPS) is 25.2. The minimum absolute atomic E-state index is 0.308. The number of likely N-dealkylation sites (tertiary alicyclic amines) is 1. The van der Waals surface area contributed by atoms with Crippen molar-refractivity contribution in [2.45, 2.75) is 65.0 Å². The number of rotatable bonds is 4. The van der Waals surface area contributed by atoms with E-state index in [4.69, 9.17) is 10.5 Å². The molecule has 1 rings (SSSR count). The number of ether oxygens (including phenoxy) is 1. The number of carbonyl (C=O) groups is 1. The Bertz CT molecular complexity index is 313. The van der Waals surface area contributed by atoms with E-state index in [-0.39, 0.29) is 5.97 Å². The molecule has 0 aromatic carbocycles. The van der Waals surface area contributed by atoms with Gasteiger partial charge in [0.2, 0.25) is 0 Å². The van der Waals surface area contributed by atoms with E-state index in [9.17, 15) is 4.79 Å². The summed E-state index contributed by atoms with van der Waals surface area (Å²) >= 11 is 0. The van der Waals surface area contributed by atoms with Crippen LogP contribution in [0.4, 0.5) is 0 Å². The molecular formula is C15H30N2O2. The average Bonchev–Trinajstić information content (AvgIpc) is 2.48. The Balaban J connectivity index is 2.58. The molecule has 1 aliphatic rings. The summed E-state index contributed by atoms with van der Waals surface area (Å²) in [6, 6.07) is 0.308. The Morgan fingerprint density at radius 2 is 2.05 bits per heavy atom. The van der Waals surface area contributed by atoms with Crippen LogP contribution >= 0.6 is 0 Å². The molecule has 1 heterocycles. The van der Waals surface area contributed by atoms with Crippen LogP contribution in [-0.2, 0) is 9.53 Å². The second-order valence-electron chi connectivity index (χ2n) is 7.02. The largest absolute Gasteiger partial charge is 0.468 e. The fraction of sp³-hybridized carbons (Fsp3) is 0.933. The molecule has 0 aromatic heterocycles. The Kier molecular flexibility index (Phi) is 5.39. The van der Waals surface area contributed by atoms with Crippen LogP contribution in [0.15, 0.2) is 0 Å². The lowest BCUT2D eigenvalue weighted by Gasteiger charge is -2.33. The zero-order chi connectivity index (χ0) is 14.7. The standard InChI is InChI=1S/C15H30N2O2/c1-12(11-15(4,16)13(18)19-5)17-9-6-7-14(2,3)8-10-17/h12H,6-11,16H2,1-5H3. The number of esters is 1. The maximum Gasteiger partial charge on any atom is 0.325 e. The molecule has 0 radical (unpaired) electrons. The van der Waals surface area contributed by atoms with Crippen molar-refractivity contribution in [3.63, 3.8) is 0 Å². The Morgan fingerprint density at radius 3 is 2.63 bits per heavy atom. The molecule has 4 nitrogen and oxygen atoms in total. The van der Waals surface area contributed by atoms with Gasteiger partial charge in [-0.15, -0.1) is 0 Å². The predicted molar refractivity (Wildman–Crippen MR) is 77.9 cm³/mol. The summed E-state index contributed by atoms with van der Waals surface area (Å²) in [5.74, 6) is -0.325. The molecule has 1 fully saturated rings. The van der Waals surface area contributed by atoms with Gasteiger partial charge in [0.1, 0.15) is 5.54 Å². The van der Waals surface area contributed by atoms with Gasteiger partial charge in [-0.05, 0) is 58.0 Å². The van der Waals surface area contributed by atoms with E-state index in [0.717, 1.165) is 13.1 Å². The number of carbonyl (C=O) groups excluding carboxylic acids is 1. The summed E-state index contributed by atoms with van der Waals surface area (Å²) in [6.45, 7) is 10.8. The number of methoxy groups -OCH3 is 1. The second kappa shape index (κ2) is 6.23. The predicted octanol–water partition coefficient (Wildman–Crippen LogP) is 2.17. The first-order valence-corrected chi connectivity index (χ1v) is 7.29. The first-order valence-electron chi connectivity index (χ1n) is 7.29. The first-order chi connectivity index (χ1) is 8.68. The molecular weight excluding hydrogens is 240 g/mol. The molecule has 1 saturated heterocycles.